The lowest BCUT2D eigenvalue weighted by Gasteiger charge is -2.07. The van der Waals surface area contributed by atoms with Gasteiger partial charge in [-0.3, -0.25) is 0 Å². The fourth-order valence-electron chi connectivity index (χ4n) is 1.46. The second kappa shape index (κ2) is 5.31. The summed E-state index contributed by atoms with van der Waals surface area (Å²) in [5.74, 6) is 0.891. The molecule has 0 aromatic heterocycles. The van der Waals surface area contributed by atoms with Gasteiger partial charge in [0.2, 0.25) is 0 Å². The summed E-state index contributed by atoms with van der Waals surface area (Å²) in [5.41, 5.74) is -0.585. The summed E-state index contributed by atoms with van der Waals surface area (Å²) < 4.78 is 36.9. The van der Waals surface area contributed by atoms with Crippen LogP contribution in [0.15, 0.2) is 29.2 Å². The Morgan fingerprint density at radius 1 is 1.18 bits per heavy atom. The van der Waals surface area contributed by atoms with Crippen LogP contribution in [0, 0.1) is 0 Å². The van der Waals surface area contributed by atoms with E-state index in [1.54, 1.807) is 11.8 Å². The molecule has 2 rings (SSSR count). The van der Waals surface area contributed by atoms with Gasteiger partial charge in [0.1, 0.15) is 0 Å². The second-order valence-electron chi connectivity index (χ2n) is 4.10. The molecule has 1 aliphatic rings. The first-order valence-electron chi connectivity index (χ1n) is 5.59. The highest BCUT2D eigenvalue weighted by Crippen LogP contribution is 2.30. The monoisotopic (exact) mass is 261 g/mol. The third-order valence-corrected chi connectivity index (χ3v) is 3.58. The van der Waals surface area contributed by atoms with Crippen molar-refractivity contribution in [1.82, 2.24) is 5.32 Å². The van der Waals surface area contributed by atoms with E-state index in [1.165, 1.54) is 25.0 Å². The van der Waals surface area contributed by atoms with Crippen LogP contribution >= 0.6 is 11.8 Å². The van der Waals surface area contributed by atoms with Crippen molar-refractivity contribution in [3.8, 4) is 0 Å². The Kier molecular flexibility index (Phi) is 3.99. The fourth-order valence-corrected chi connectivity index (χ4v) is 2.24. The van der Waals surface area contributed by atoms with Gasteiger partial charge in [0, 0.05) is 23.2 Å². The first-order chi connectivity index (χ1) is 8.05. The SMILES string of the molecule is FC(F)(F)c1ccc(SCCNC2CC2)cc1. The van der Waals surface area contributed by atoms with Crippen molar-refractivity contribution in [2.45, 2.75) is 30.0 Å². The van der Waals surface area contributed by atoms with E-state index in [2.05, 4.69) is 5.32 Å². The zero-order valence-electron chi connectivity index (χ0n) is 9.26. The molecule has 0 unspecified atom stereocenters. The van der Waals surface area contributed by atoms with Crippen LogP contribution in [0.25, 0.3) is 0 Å². The van der Waals surface area contributed by atoms with Gasteiger partial charge in [0.25, 0.3) is 0 Å². The Bertz CT molecular complexity index is 357. The Labute approximate surface area is 103 Å². The van der Waals surface area contributed by atoms with Gasteiger partial charge in [-0.2, -0.15) is 13.2 Å². The fraction of sp³-hybridized carbons (Fsp3) is 0.500. The Morgan fingerprint density at radius 3 is 2.35 bits per heavy atom. The molecule has 1 aromatic carbocycles. The minimum absolute atomic E-state index is 0.585. The number of thioether (sulfide) groups is 1. The zero-order valence-corrected chi connectivity index (χ0v) is 10.1. The van der Waals surface area contributed by atoms with E-state index < -0.39 is 11.7 Å². The summed E-state index contributed by atoms with van der Waals surface area (Å²) in [6, 6.07) is 6.02. The number of halogens is 3. The van der Waals surface area contributed by atoms with Crippen LogP contribution in [0.3, 0.4) is 0 Å². The van der Waals surface area contributed by atoms with Crippen LogP contribution in [0.4, 0.5) is 13.2 Å². The topological polar surface area (TPSA) is 12.0 Å². The maximum Gasteiger partial charge on any atom is 0.416 e. The summed E-state index contributed by atoms with van der Waals surface area (Å²) in [6.07, 6.45) is -1.73. The molecule has 94 valence electrons. The molecule has 17 heavy (non-hydrogen) atoms. The van der Waals surface area contributed by atoms with Crippen molar-refractivity contribution in [3.63, 3.8) is 0 Å². The van der Waals surface area contributed by atoms with Crippen LogP contribution in [-0.2, 0) is 6.18 Å². The lowest BCUT2D eigenvalue weighted by molar-refractivity contribution is -0.137. The Hall–Kier alpha value is -0.680. The van der Waals surface area contributed by atoms with Crippen LogP contribution in [-0.4, -0.2) is 18.3 Å². The van der Waals surface area contributed by atoms with E-state index in [-0.39, 0.29) is 0 Å². The molecule has 1 aromatic rings. The molecule has 0 spiro atoms. The Balaban J connectivity index is 1.76. The van der Waals surface area contributed by atoms with Crippen molar-refractivity contribution in [2.24, 2.45) is 0 Å². The highest BCUT2D eigenvalue weighted by atomic mass is 32.2. The van der Waals surface area contributed by atoms with Gasteiger partial charge >= 0.3 is 6.18 Å². The highest BCUT2D eigenvalue weighted by molar-refractivity contribution is 7.99. The van der Waals surface area contributed by atoms with Gasteiger partial charge in [0.15, 0.2) is 0 Å². The molecule has 5 heteroatoms. The summed E-state index contributed by atoms with van der Waals surface area (Å²) in [7, 11) is 0. The first-order valence-corrected chi connectivity index (χ1v) is 6.58. The van der Waals surface area contributed by atoms with Gasteiger partial charge < -0.3 is 5.32 Å². The summed E-state index contributed by atoms with van der Waals surface area (Å²) >= 11 is 1.58. The van der Waals surface area contributed by atoms with E-state index >= 15 is 0 Å². The average Bonchev–Trinajstić information content (AvgIpc) is 3.08. The van der Waals surface area contributed by atoms with Crippen LogP contribution in [0.2, 0.25) is 0 Å². The van der Waals surface area contributed by atoms with Crippen LogP contribution < -0.4 is 5.32 Å². The normalized spacial score (nSPS) is 16.2. The average molecular weight is 261 g/mol. The Morgan fingerprint density at radius 2 is 1.82 bits per heavy atom. The van der Waals surface area contributed by atoms with Crippen LogP contribution in [0.1, 0.15) is 18.4 Å². The standard InChI is InChI=1S/C12H14F3NS/c13-12(14,15)9-1-5-11(6-2-9)17-8-7-16-10-3-4-10/h1-2,5-6,10,16H,3-4,7-8H2. The summed E-state index contributed by atoms with van der Waals surface area (Å²) in [5, 5.41) is 3.36. The van der Waals surface area contributed by atoms with E-state index in [1.807, 2.05) is 0 Å². The molecular formula is C12H14F3NS. The minimum Gasteiger partial charge on any atom is -0.313 e. The molecule has 1 saturated carbocycles. The van der Waals surface area contributed by atoms with E-state index in [4.69, 9.17) is 0 Å². The quantitative estimate of drug-likeness (QED) is 0.642. The lowest BCUT2D eigenvalue weighted by atomic mass is 10.2. The molecule has 0 atom stereocenters. The molecule has 1 N–H and O–H groups in total. The van der Waals surface area contributed by atoms with Gasteiger partial charge in [-0.1, -0.05) is 0 Å². The molecule has 0 amide bonds. The lowest BCUT2D eigenvalue weighted by Crippen LogP contribution is -2.19. The predicted molar refractivity (Wildman–Crippen MR) is 63.2 cm³/mol. The van der Waals surface area contributed by atoms with E-state index in [9.17, 15) is 13.2 Å². The number of hydrogen-bond donors (Lipinski definition) is 1. The van der Waals surface area contributed by atoms with Crippen molar-refractivity contribution in [1.29, 1.82) is 0 Å². The number of hydrogen-bond acceptors (Lipinski definition) is 2. The minimum atomic E-state index is -4.24. The largest absolute Gasteiger partial charge is 0.416 e. The smallest absolute Gasteiger partial charge is 0.313 e. The number of alkyl halides is 3. The maximum atomic E-state index is 12.3. The maximum absolute atomic E-state index is 12.3. The molecule has 0 saturated heterocycles. The summed E-state index contributed by atoms with van der Waals surface area (Å²) in [6.45, 7) is 0.913. The van der Waals surface area contributed by atoms with Crippen molar-refractivity contribution < 1.29 is 13.2 Å². The molecule has 1 aliphatic carbocycles. The third kappa shape index (κ3) is 4.24. The van der Waals surface area contributed by atoms with E-state index in [0.29, 0.717) is 6.04 Å². The second-order valence-corrected chi connectivity index (χ2v) is 5.27. The highest BCUT2D eigenvalue weighted by Gasteiger charge is 2.29. The molecule has 0 heterocycles. The number of benzene rings is 1. The number of nitrogens with one attached hydrogen (secondary N) is 1. The zero-order chi connectivity index (χ0) is 12.3. The van der Waals surface area contributed by atoms with Crippen LogP contribution in [0.5, 0.6) is 0 Å². The van der Waals surface area contributed by atoms with Gasteiger partial charge in [-0.05, 0) is 37.1 Å². The van der Waals surface area contributed by atoms with Crippen molar-refractivity contribution in [2.75, 3.05) is 12.3 Å². The summed E-state index contributed by atoms with van der Waals surface area (Å²) in [4.78, 5) is 0.885. The molecule has 1 nitrogen and oxygen atoms in total. The van der Waals surface area contributed by atoms with Gasteiger partial charge in [-0.15, -0.1) is 11.8 Å². The predicted octanol–water partition coefficient (Wildman–Crippen LogP) is 3.55. The number of rotatable bonds is 5. The molecule has 0 radical (unpaired) electrons. The molecule has 0 aliphatic heterocycles. The van der Waals surface area contributed by atoms with Crippen molar-refractivity contribution >= 4 is 11.8 Å². The van der Waals surface area contributed by atoms with Gasteiger partial charge in [-0.25, -0.2) is 0 Å². The first kappa shape index (κ1) is 12.8. The van der Waals surface area contributed by atoms with E-state index in [0.717, 1.165) is 29.3 Å². The molecule has 1 fully saturated rings. The molecular weight excluding hydrogens is 247 g/mol. The van der Waals surface area contributed by atoms with Gasteiger partial charge in [0.05, 0.1) is 5.56 Å². The third-order valence-electron chi connectivity index (χ3n) is 2.56. The van der Waals surface area contributed by atoms with Crippen molar-refractivity contribution in [3.05, 3.63) is 29.8 Å². The molecule has 0 bridgehead atoms.